The lowest BCUT2D eigenvalue weighted by atomic mass is 10.0. The van der Waals surface area contributed by atoms with Crippen molar-refractivity contribution in [2.24, 2.45) is 16.7 Å². The second kappa shape index (κ2) is 3.52. The summed E-state index contributed by atoms with van der Waals surface area (Å²) in [4.78, 5) is 11.4. The third kappa shape index (κ3) is 2.40. The molecule has 0 unspecified atom stereocenters. The van der Waals surface area contributed by atoms with Gasteiger partial charge in [-0.15, -0.1) is 0 Å². The van der Waals surface area contributed by atoms with E-state index in [9.17, 15) is 4.79 Å². The number of hydrogen-bond donors (Lipinski definition) is 0. The van der Waals surface area contributed by atoms with Gasteiger partial charge in [-0.3, -0.25) is 0 Å². The third-order valence-corrected chi connectivity index (χ3v) is 3.74. The average Bonchev–Trinajstić information content (AvgIpc) is 2.36. The number of hydrogen-bond acceptors (Lipinski definition) is 2. The standard InChI is InChI=1S/C14H22O2/c1-12(2,3)16-11(15)9-8-10-13(4,5)14(10,6)7/h10H,1-7H3. The summed E-state index contributed by atoms with van der Waals surface area (Å²) in [5.41, 5.74) is -0.0651. The fourth-order valence-corrected chi connectivity index (χ4v) is 1.99. The molecule has 1 fully saturated rings. The van der Waals surface area contributed by atoms with Gasteiger partial charge in [0.15, 0.2) is 0 Å². The molecule has 0 aromatic heterocycles. The molecule has 0 heterocycles. The van der Waals surface area contributed by atoms with Crippen LogP contribution in [0.25, 0.3) is 0 Å². The number of carbonyl (C=O) groups excluding carboxylic acids is 1. The van der Waals surface area contributed by atoms with Gasteiger partial charge in [-0.25, -0.2) is 4.79 Å². The first kappa shape index (κ1) is 13.1. The molecule has 2 heteroatoms. The van der Waals surface area contributed by atoms with Gasteiger partial charge in [0.25, 0.3) is 0 Å². The van der Waals surface area contributed by atoms with Gasteiger partial charge in [0.05, 0.1) is 0 Å². The van der Waals surface area contributed by atoms with E-state index in [0.29, 0.717) is 0 Å². The Morgan fingerprint density at radius 3 is 1.88 bits per heavy atom. The number of ether oxygens (including phenoxy) is 1. The fourth-order valence-electron chi connectivity index (χ4n) is 1.99. The summed E-state index contributed by atoms with van der Waals surface area (Å²) in [6.45, 7) is 14.3. The predicted octanol–water partition coefficient (Wildman–Crippen LogP) is 3.01. The van der Waals surface area contributed by atoms with E-state index < -0.39 is 11.6 Å². The van der Waals surface area contributed by atoms with Gasteiger partial charge >= 0.3 is 5.97 Å². The zero-order chi connectivity index (χ0) is 12.8. The lowest BCUT2D eigenvalue weighted by Gasteiger charge is -2.16. The van der Waals surface area contributed by atoms with E-state index in [1.807, 2.05) is 20.8 Å². The van der Waals surface area contributed by atoms with E-state index in [1.54, 1.807) is 0 Å². The normalized spacial score (nSPS) is 21.9. The van der Waals surface area contributed by atoms with Gasteiger partial charge in [-0.1, -0.05) is 33.6 Å². The Labute approximate surface area is 98.8 Å². The quantitative estimate of drug-likeness (QED) is 0.358. The highest BCUT2D eigenvalue weighted by atomic mass is 16.6. The predicted molar refractivity (Wildman–Crippen MR) is 64.7 cm³/mol. The molecule has 1 aliphatic rings. The summed E-state index contributed by atoms with van der Waals surface area (Å²) in [6.07, 6.45) is 0. The van der Waals surface area contributed by atoms with Crippen LogP contribution in [-0.4, -0.2) is 11.6 Å². The van der Waals surface area contributed by atoms with Crippen LogP contribution < -0.4 is 0 Å². The molecule has 0 saturated heterocycles. The molecular formula is C14H22O2. The van der Waals surface area contributed by atoms with Crippen LogP contribution in [0.15, 0.2) is 0 Å². The lowest BCUT2D eigenvalue weighted by molar-refractivity contribution is -0.147. The Morgan fingerprint density at radius 1 is 1.12 bits per heavy atom. The van der Waals surface area contributed by atoms with E-state index in [0.717, 1.165) is 0 Å². The van der Waals surface area contributed by atoms with Crippen LogP contribution in [0.4, 0.5) is 0 Å². The SMILES string of the molecule is CC(C)(C)OC(=O)C#CC1C(C)(C)C1(C)C. The van der Waals surface area contributed by atoms with Gasteiger partial charge in [-0.05, 0) is 31.6 Å². The van der Waals surface area contributed by atoms with Crippen LogP contribution in [0.5, 0.6) is 0 Å². The van der Waals surface area contributed by atoms with Crippen molar-refractivity contribution >= 4 is 5.97 Å². The maximum absolute atomic E-state index is 11.4. The van der Waals surface area contributed by atoms with Crippen molar-refractivity contribution in [3.63, 3.8) is 0 Å². The van der Waals surface area contributed by atoms with Crippen molar-refractivity contribution in [3.05, 3.63) is 0 Å². The molecule has 0 spiro atoms. The molecule has 0 bridgehead atoms. The minimum Gasteiger partial charge on any atom is -0.450 e. The van der Waals surface area contributed by atoms with Crippen LogP contribution >= 0.6 is 0 Å². The van der Waals surface area contributed by atoms with Crippen LogP contribution in [0.1, 0.15) is 48.5 Å². The Hall–Kier alpha value is -0.970. The van der Waals surface area contributed by atoms with Crippen LogP contribution in [-0.2, 0) is 9.53 Å². The van der Waals surface area contributed by atoms with E-state index in [4.69, 9.17) is 4.74 Å². The number of esters is 1. The number of rotatable bonds is 0. The van der Waals surface area contributed by atoms with Gasteiger partial charge in [0.1, 0.15) is 5.60 Å². The molecule has 90 valence electrons. The topological polar surface area (TPSA) is 26.3 Å². The molecule has 0 aromatic rings. The zero-order valence-electron chi connectivity index (χ0n) is 11.4. The van der Waals surface area contributed by atoms with E-state index in [1.165, 1.54) is 0 Å². The molecule has 0 aliphatic heterocycles. The second-order valence-electron chi connectivity index (χ2n) is 6.65. The smallest absolute Gasteiger partial charge is 0.384 e. The molecule has 1 saturated carbocycles. The molecule has 2 nitrogen and oxygen atoms in total. The van der Waals surface area contributed by atoms with Gasteiger partial charge < -0.3 is 4.74 Å². The van der Waals surface area contributed by atoms with Gasteiger partial charge in [0.2, 0.25) is 0 Å². The van der Waals surface area contributed by atoms with Crippen molar-refractivity contribution in [1.29, 1.82) is 0 Å². The summed E-state index contributed by atoms with van der Waals surface area (Å²) in [5, 5.41) is 0. The molecular weight excluding hydrogens is 200 g/mol. The highest BCUT2D eigenvalue weighted by Crippen LogP contribution is 2.67. The zero-order valence-corrected chi connectivity index (χ0v) is 11.4. The Kier molecular flexibility index (Phi) is 2.88. The van der Waals surface area contributed by atoms with Crippen molar-refractivity contribution in [3.8, 4) is 11.8 Å². The van der Waals surface area contributed by atoms with Crippen molar-refractivity contribution < 1.29 is 9.53 Å². The van der Waals surface area contributed by atoms with Gasteiger partial charge in [-0.2, -0.15) is 0 Å². The first-order chi connectivity index (χ1) is 6.98. The van der Waals surface area contributed by atoms with Crippen LogP contribution in [0, 0.1) is 28.6 Å². The minimum absolute atomic E-state index is 0.196. The number of carbonyl (C=O) groups is 1. The van der Waals surface area contributed by atoms with E-state index in [2.05, 4.69) is 39.5 Å². The second-order valence-corrected chi connectivity index (χ2v) is 6.65. The van der Waals surface area contributed by atoms with E-state index in [-0.39, 0.29) is 16.7 Å². The summed E-state index contributed by atoms with van der Waals surface area (Å²) in [5.74, 6) is 5.50. The van der Waals surface area contributed by atoms with Crippen molar-refractivity contribution in [2.45, 2.75) is 54.1 Å². The maximum Gasteiger partial charge on any atom is 0.384 e. The summed E-state index contributed by atoms with van der Waals surface area (Å²) >= 11 is 0. The molecule has 1 rings (SSSR count). The summed E-state index contributed by atoms with van der Waals surface area (Å²) in [7, 11) is 0. The minimum atomic E-state index is -0.458. The lowest BCUT2D eigenvalue weighted by Crippen LogP contribution is -2.22. The summed E-state index contributed by atoms with van der Waals surface area (Å²) in [6, 6.07) is 0. The largest absolute Gasteiger partial charge is 0.450 e. The molecule has 16 heavy (non-hydrogen) atoms. The van der Waals surface area contributed by atoms with Crippen LogP contribution in [0.2, 0.25) is 0 Å². The first-order valence-electron chi connectivity index (χ1n) is 5.73. The van der Waals surface area contributed by atoms with Crippen molar-refractivity contribution in [2.75, 3.05) is 0 Å². The molecule has 0 atom stereocenters. The molecule has 0 radical (unpaired) electrons. The first-order valence-corrected chi connectivity index (χ1v) is 5.73. The van der Waals surface area contributed by atoms with Crippen molar-refractivity contribution in [1.82, 2.24) is 0 Å². The fraction of sp³-hybridized carbons (Fsp3) is 0.786. The Balaban J connectivity index is 2.62. The molecule has 0 N–H and O–H groups in total. The van der Waals surface area contributed by atoms with Gasteiger partial charge in [0, 0.05) is 11.8 Å². The molecule has 0 aromatic carbocycles. The average molecular weight is 222 g/mol. The molecule has 1 aliphatic carbocycles. The third-order valence-electron chi connectivity index (χ3n) is 3.74. The monoisotopic (exact) mass is 222 g/mol. The van der Waals surface area contributed by atoms with Crippen LogP contribution in [0.3, 0.4) is 0 Å². The van der Waals surface area contributed by atoms with E-state index >= 15 is 0 Å². The highest BCUT2D eigenvalue weighted by Gasteiger charge is 2.64. The Bertz CT molecular complexity index is 344. The molecule has 0 amide bonds. The summed E-state index contributed by atoms with van der Waals surface area (Å²) < 4.78 is 5.14. The Morgan fingerprint density at radius 2 is 1.56 bits per heavy atom. The highest BCUT2D eigenvalue weighted by molar-refractivity contribution is 5.88. The maximum atomic E-state index is 11.4.